The molecule has 4 nitrogen and oxygen atoms in total. The molecule has 1 aliphatic heterocycles. The molecule has 0 unspecified atom stereocenters. The van der Waals surface area contributed by atoms with E-state index >= 15 is 0 Å². The summed E-state index contributed by atoms with van der Waals surface area (Å²) in [5.74, 6) is -0.952. The van der Waals surface area contributed by atoms with E-state index in [0.717, 1.165) is 0 Å². The predicted molar refractivity (Wildman–Crippen MR) is 72.2 cm³/mol. The molecule has 0 radical (unpaired) electrons. The standard InChI is InChI=1S/C13H14BrFN2O2/c1-2-11-12(18)16-3-4-17(11)13(19)8-5-9(14)7-10(15)6-8/h5-7,11H,2-4H2,1H3,(H,16,18)/t11-/m1/s1. The Morgan fingerprint density at radius 2 is 2.26 bits per heavy atom. The first-order valence-corrected chi connectivity index (χ1v) is 6.87. The lowest BCUT2D eigenvalue weighted by Gasteiger charge is -2.34. The Labute approximate surface area is 119 Å². The molecule has 1 atom stereocenters. The van der Waals surface area contributed by atoms with Crippen molar-refractivity contribution in [2.45, 2.75) is 19.4 Å². The molecule has 1 fully saturated rings. The first kappa shape index (κ1) is 14.0. The molecule has 2 rings (SSSR count). The van der Waals surface area contributed by atoms with Crippen molar-refractivity contribution in [1.29, 1.82) is 0 Å². The zero-order valence-electron chi connectivity index (χ0n) is 10.5. The van der Waals surface area contributed by atoms with Crippen LogP contribution in [0, 0.1) is 5.82 Å². The maximum absolute atomic E-state index is 13.3. The molecule has 1 N–H and O–H groups in total. The van der Waals surface area contributed by atoms with Crippen LogP contribution >= 0.6 is 15.9 Å². The molecule has 2 amide bonds. The van der Waals surface area contributed by atoms with Crippen LogP contribution in [0.25, 0.3) is 0 Å². The quantitative estimate of drug-likeness (QED) is 0.901. The van der Waals surface area contributed by atoms with Crippen LogP contribution in [0.2, 0.25) is 0 Å². The van der Waals surface area contributed by atoms with Crippen LogP contribution in [0.3, 0.4) is 0 Å². The molecular formula is C13H14BrFN2O2. The van der Waals surface area contributed by atoms with Crippen molar-refractivity contribution >= 4 is 27.7 Å². The molecule has 1 heterocycles. The molecule has 0 saturated carbocycles. The molecule has 0 spiro atoms. The highest BCUT2D eigenvalue weighted by atomic mass is 79.9. The minimum atomic E-state index is -0.483. The van der Waals surface area contributed by atoms with Crippen LogP contribution in [-0.4, -0.2) is 35.8 Å². The lowest BCUT2D eigenvalue weighted by molar-refractivity contribution is -0.127. The SMILES string of the molecule is CC[C@@H]1C(=O)NCCN1C(=O)c1cc(F)cc(Br)c1. The van der Waals surface area contributed by atoms with E-state index in [2.05, 4.69) is 21.2 Å². The summed E-state index contributed by atoms with van der Waals surface area (Å²) in [5.41, 5.74) is 0.250. The Balaban J connectivity index is 2.29. The molecule has 1 saturated heterocycles. The van der Waals surface area contributed by atoms with E-state index in [0.29, 0.717) is 24.0 Å². The third kappa shape index (κ3) is 2.94. The van der Waals surface area contributed by atoms with Gasteiger partial charge in [0.1, 0.15) is 11.9 Å². The summed E-state index contributed by atoms with van der Waals surface area (Å²) in [5, 5.41) is 2.73. The molecule has 0 bridgehead atoms. The first-order valence-electron chi connectivity index (χ1n) is 6.07. The maximum Gasteiger partial charge on any atom is 0.254 e. The average Bonchev–Trinajstić information content (AvgIpc) is 2.36. The normalized spacial score (nSPS) is 19.2. The zero-order chi connectivity index (χ0) is 14.0. The molecule has 0 aromatic heterocycles. The van der Waals surface area contributed by atoms with Gasteiger partial charge in [0.25, 0.3) is 5.91 Å². The van der Waals surface area contributed by atoms with Crippen LogP contribution in [0.4, 0.5) is 4.39 Å². The second kappa shape index (κ2) is 5.69. The maximum atomic E-state index is 13.3. The van der Waals surface area contributed by atoms with E-state index in [1.807, 2.05) is 6.92 Å². The lowest BCUT2D eigenvalue weighted by Crippen LogP contribution is -2.56. The Hall–Kier alpha value is -1.43. The summed E-state index contributed by atoms with van der Waals surface area (Å²) in [6, 6.07) is 3.55. The Morgan fingerprint density at radius 3 is 2.89 bits per heavy atom. The Kier molecular flexibility index (Phi) is 4.19. The minimum Gasteiger partial charge on any atom is -0.353 e. The second-order valence-corrected chi connectivity index (χ2v) is 5.29. The molecule has 6 heteroatoms. The number of halogens is 2. The highest BCUT2D eigenvalue weighted by molar-refractivity contribution is 9.10. The van der Waals surface area contributed by atoms with E-state index in [1.54, 1.807) is 6.07 Å². The van der Waals surface area contributed by atoms with E-state index in [-0.39, 0.29) is 17.4 Å². The van der Waals surface area contributed by atoms with Gasteiger partial charge in [-0.25, -0.2) is 4.39 Å². The van der Waals surface area contributed by atoms with E-state index < -0.39 is 11.9 Å². The number of nitrogens with zero attached hydrogens (tertiary/aromatic N) is 1. The van der Waals surface area contributed by atoms with E-state index in [9.17, 15) is 14.0 Å². The van der Waals surface area contributed by atoms with Crippen molar-refractivity contribution in [3.05, 3.63) is 34.1 Å². The topological polar surface area (TPSA) is 49.4 Å². The molecule has 1 aliphatic rings. The lowest BCUT2D eigenvalue weighted by atomic mass is 10.1. The van der Waals surface area contributed by atoms with Gasteiger partial charge in [-0.2, -0.15) is 0 Å². The summed E-state index contributed by atoms with van der Waals surface area (Å²) in [6.45, 7) is 2.71. The van der Waals surface area contributed by atoms with Crippen LogP contribution in [0.5, 0.6) is 0 Å². The van der Waals surface area contributed by atoms with Gasteiger partial charge < -0.3 is 10.2 Å². The Bertz CT molecular complexity index is 501. The molecular weight excluding hydrogens is 315 g/mol. The predicted octanol–water partition coefficient (Wildman–Crippen LogP) is 1.94. The minimum absolute atomic E-state index is 0.155. The largest absolute Gasteiger partial charge is 0.353 e. The van der Waals surface area contributed by atoms with Crippen molar-refractivity contribution in [2.75, 3.05) is 13.1 Å². The van der Waals surface area contributed by atoms with Crippen molar-refractivity contribution in [3.63, 3.8) is 0 Å². The van der Waals surface area contributed by atoms with Gasteiger partial charge in [-0.15, -0.1) is 0 Å². The highest BCUT2D eigenvalue weighted by Gasteiger charge is 2.32. The highest BCUT2D eigenvalue weighted by Crippen LogP contribution is 2.19. The summed E-state index contributed by atoms with van der Waals surface area (Å²) in [7, 11) is 0. The fourth-order valence-corrected chi connectivity index (χ4v) is 2.67. The average molecular weight is 329 g/mol. The second-order valence-electron chi connectivity index (χ2n) is 4.37. The third-order valence-corrected chi connectivity index (χ3v) is 3.55. The molecule has 19 heavy (non-hydrogen) atoms. The zero-order valence-corrected chi connectivity index (χ0v) is 12.0. The van der Waals surface area contributed by atoms with Gasteiger partial charge in [0, 0.05) is 23.1 Å². The number of carbonyl (C=O) groups is 2. The van der Waals surface area contributed by atoms with Crippen molar-refractivity contribution in [3.8, 4) is 0 Å². The van der Waals surface area contributed by atoms with Crippen LogP contribution < -0.4 is 5.32 Å². The summed E-state index contributed by atoms with van der Waals surface area (Å²) < 4.78 is 13.8. The number of piperazine rings is 1. The van der Waals surface area contributed by atoms with Gasteiger partial charge in [-0.05, 0) is 24.6 Å². The number of rotatable bonds is 2. The van der Waals surface area contributed by atoms with Crippen molar-refractivity contribution in [1.82, 2.24) is 10.2 Å². The van der Waals surface area contributed by atoms with E-state index in [4.69, 9.17) is 0 Å². The van der Waals surface area contributed by atoms with Gasteiger partial charge in [0.2, 0.25) is 5.91 Å². The Morgan fingerprint density at radius 1 is 1.53 bits per heavy atom. The van der Waals surface area contributed by atoms with E-state index in [1.165, 1.54) is 17.0 Å². The smallest absolute Gasteiger partial charge is 0.254 e. The number of benzene rings is 1. The number of carbonyl (C=O) groups excluding carboxylic acids is 2. The van der Waals surface area contributed by atoms with Gasteiger partial charge in [0.15, 0.2) is 0 Å². The summed E-state index contributed by atoms with van der Waals surface area (Å²) >= 11 is 3.16. The summed E-state index contributed by atoms with van der Waals surface area (Å²) in [4.78, 5) is 25.6. The van der Waals surface area contributed by atoms with Crippen molar-refractivity contribution < 1.29 is 14.0 Å². The van der Waals surface area contributed by atoms with Gasteiger partial charge >= 0.3 is 0 Å². The molecule has 0 aliphatic carbocycles. The van der Waals surface area contributed by atoms with Crippen LogP contribution in [0.15, 0.2) is 22.7 Å². The number of nitrogens with one attached hydrogen (secondary N) is 1. The summed E-state index contributed by atoms with van der Waals surface area (Å²) in [6.07, 6.45) is 0.536. The fraction of sp³-hybridized carbons (Fsp3) is 0.385. The van der Waals surface area contributed by atoms with Gasteiger partial charge in [0.05, 0.1) is 0 Å². The first-order chi connectivity index (χ1) is 9.02. The molecule has 102 valence electrons. The molecule has 1 aromatic rings. The monoisotopic (exact) mass is 328 g/mol. The van der Waals surface area contributed by atoms with Crippen molar-refractivity contribution in [2.24, 2.45) is 0 Å². The van der Waals surface area contributed by atoms with Gasteiger partial charge in [-0.1, -0.05) is 22.9 Å². The van der Waals surface area contributed by atoms with Gasteiger partial charge in [-0.3, -0.25) is 9.59 Å². The number of amides is 2. The van der Waals surface area contributed by atoms with Crippen LogP contribution in [0.1, 0.15) is 23.7 Å². The van der Waals surface area contributed by atoms with Crippen LogP contribution in [-0.2, 0) is 4.79 Å². The number of hydrogen-bond donors (Lipinski definition) is 1. The third-order valence-electron chi connectivity index (χ3n) is 3.09. The molecule has 1 aromatic carbocycles. The fourth-order valence-electron chi connectivity index (χ4n) is 2.21. The number of hydrogen-bond acceptors (Lipinski definition) is 2.